The molecule has 5 rings (SSSR count). The highest BCUT2D eigenvalue weighted by Gasteiger charge is 2.50. The van der Waals surface area contributed by atoms with E-state index < -0.39 is 10.0 Å². The van der Waals surface area contributed by atoms with E-state index in [1.807, 2.05) is 37.3 Å². The molecule has 2 fully saturated rings. The molecule has 3 aromatic carbocycles. The number of fused-ring (bicyclic) bond motifs is 1. The van der Waals surface area contributed by atoms with Crippen molar-refractivity contribution in [1.82, 2.24) is 9.21 Å². The first-order valence-corrected chi connectivity index (χ1v) is 14.4. The van der Waals surface area contributed by atoms with E-state index in [-0.39, 0.29) is 18.0 Å². The van der Waals surface area contributed by atoms with Crippen LogP contribution in [0.15, 0.2) is 77.7 Å². The first kappa shape index (κ1) is 25.9. The van der Waals surface area contributed by atoms with Crippen molar-refractivity contribution in [1.29, 1.82) is 0 Å². The van der Waals surface area contributed by atoms with E-state index in [9.17, 15) is 8.42 Å². The summed E-state index contributed by atoms with van der Waals surface area (Å²) >= 11 is 0. The average molecular weight is 521 g/mol. The number of aryl methyl sites for hydroxylation is 1. The molecular formula is C30H36N2O4S. The number of methoxy groups -OCH3 is 2. The summed E-state index contributed by atoms with van der Waals surface area (Å²) in [6, 6.07) is 24.3. The van der Waals surface area contributed by atoms with Crippen LogP contribution in [-0.2, 0) is 14.8 Å². The summed E-state index contributed by atoms with van der Waals surface area (Å²) in [4.78, 5) is 2.87. The minimum absolute atomic E-state index is 0.108. The maximum Gasteiger partial charge on any atom is 0.243 e. The Morgan fingerprint density at radius 2 is 1.59 bits per heavy atom. The van der Waals surface area contributed by atoms with Gasteiger partial charge >= 0.3 is 0 Å². The molecule has 2 saturated heterocycles. The first-order valence-electron chi connectivity index (χ1n) is 13.0. The van der Waals surface area contributed by atoms with Crippen LogP contribution in [0.2, 0.25) is 0 Å². The molecular weight excluding hydrogens is 484 g/mol. The fraction of sp³-hybridized carbons (Fsp3) is 0.400. The van der Waals surface area contributed by atoms with Crippen molar-refractivity contribution in [3.63, 3.8) is 0 Å². The van der Waals surface area contributed by atoms with Gasteiger partial charge in [0.1, 0.15) is 5.75 Å². The molecule has 2 heterocycles. The minimum atomic E-state index is -3.58. The Balaban J connectivity index is 1.45. The standard InChI is InChI=1S/C30H36N2O4S/c1-22-10-4-7-13-29(22)37(33,34)31-18-8-9-19-32-26(20-31)30(27(32)21-35-2)24-16-14-23(15-17-24)25-11-5-6-12-28(25)36-3/h4-7,10-17,26-27,30H,8-9,18-21H2,1-3H3/t26-,27+,30?/m0/s1. The number of para-hydroxylation sites is 1. The highest BCUT2D eigenvalue weighted by molar-refractivity contribution is 7.89. The zero-order chi connectivity index (χ0) is 26.0. The second-order valence-corrected chi connectivity index (χ2v) is 11.9. The molecule has 0 aliphatic carbocycles. The molecule has 6 nitrogen and oxygen atoms in total. The molecule has 1 unspecified atom stereocenters. The molecule has 0 aromatic heterocycles. The highest BCUT2D eigenvalue weighted by Crippen LogP contribution is 2.43. The van der Waals surface area contributed by atoms with Gasteiger partial charge in [0.15, 0.2) is 0 Å². The number of hydrogen-bond donors (Lipinski definition) is 0. The van der Waals surface area contributed by atoms with Crippen LogP contribution in [0.25, 0.3) is 11.1 Å². The Morgan fingerprint density at radius 1 is 0.892 bits per heavy atom. The lowest BCUT2D eigenvalue weighted by Crippen LogP contribution is -2.68. The van der Waals surface area contributed by atoms with Crippen LogP contribution in [0.3, 0.4) is 0 Å². The zero-order valence-corrected chi connectivity index (χ0v) is 22.7. The lowest BCUT2D eigenvalue weighted by Gasteiger charge is -2.57. The fourth-order valence-corrected chi connectivity index (χ4v) is 7.75. The van der Waals surface area contributed by atoms with E-state index in [2.05, 4.69) is 35.2 Å². The van der Waals surface area contributed by atoms with Gasteiger partial charge in [-0.15, -0.1) is 0 Å². The van der Waals surface area contributed by atoms with Gasteiger partial charge in [-0.25, -0.2) is 8.42 Å². The van der Waals surface area contributed by atoms with E-state index in [0.717, 1.165) is 41.8 Å². The minimum Gasteiger partial charge on any atom is -0.496 e. The molecule has 0 amide bonds. The molecule has 2 aliphatic rings. The van der Waals surface area contributed by atoms with E-state index in [4.69, 9.17) is 9.47 Å². The highest BCUT2D eigenvalue weighted by atomic mass is 32.2. The third-order valence-electron chi connectivity index (χ3n) is 7.91. The SMILES string of the molecule is COC[C@@H]1C(c2ccc(-c3ccccc3OC)cc2)[C@@H]2CN(S(=O)(=O)c3ccccc3C)CCCCN12. The van der Waals surface area contributed by atoms with Crippen molar-refractivity contribution >= 4 is 10.0 Å². The molecule has 0 spiro atoms. The molecule has 7 heteroatoms. The molecule has 2 aliphatic heterocycles. The van der Waals surface area contributed by atoms with Gasteiger partial charge in [-0.3, -0.25) is 4.90 Å². The third-order valence-corrected chi connectivity index (χ3v) is 9.93. The monoisotopic (exact) mass is 520 g/mol. The van der Waals surface area contributed by atoms with Gasteiger partial charge < -0.3 is 9.47 Å². The molecule has 0 radical (unpaired) electrons. The maximum absolute atomic E-state index is 13.7. The van der Waals surface area contributed by atoms with Crippen LogP contribution < -0.4 is 4.74 Å². The van der Waals surface area contributed by atoms with Crippen molar-refractivity contribution in [2.24, 2.45) is 0 Å². The second kappa shape index (κ2) is 11.0. The smallest absolute Gasteiger partial charge is 0.243 e. The van der Waals surface area contributed by atoms with Gasteiger partial charge in [0.25, 0.3) is 0 Å². The Hall–Kier alpha value is -2.71. The van der Waals surface area contributed by atoms with Gasteiger partial charge in [-0.1, -0.05) is 60.7 Å². The van der Waals surface area contributed by atoms with Crippen LogP contribution in [-0.4, -0.2) is 70.2 Å². The maximum atomic E-state index is 13.7. The van der Waals surface area contributed by atoms with Gasteiger partial charge in [0.2, 0.25) is 10.0 Å². The summed E-state index contributed by atoms with van der Waals surface area (Å²) in [5, 5.41) is 0. The normalized spacial score (nSPS) is 22.9. The summed E-state index contributed by atoms with van der Waals surface area (Å²) in [6.45, 7) is 4.49. The van der Waals surface area contributed by atoms with Gasteiger partial charge in [0.05, 0.1) is 18.6 Å². The van der Waals surface area contributed by atoms with Crippen molar-refractivity contribution in [3.05, 3.63) is 83.9 Å². The van der Waals surface area contributed by atoms with Crippen LogP contribution in [0, 0.1) is 6.92 Å². The van der Waals surface area contributed by atoms with Crippen LogP contribution in [0.5, 0.6) is 5.75 Å². The van der Waals surface area contributed by atoms with Crippen molar-refractivity contribution in [2.75, 3.05) is 40.5 Å². The van der Waals surface area contributed by atoms with E-state index in [1.165, 1.54) is 5.56 Å². The molecule has 3 atom stereocenters. The lowest BCUT2D eigenvalue weighted by atomic mass is 9.74. The van der Waals surface area contributed by atoms with Crippen molar-refractivity contribution in [2.45, 2.75) is 42.7 Å². The van der Waals surface area contributed by atoms with Crippen LogP contribution >= 0.6 is 0 Å². The fourth-order valence-electron chi connectivity index (χ4n) is 6.03. The summed E-state index contributed by atoms with van der Waals surface area (Å²) in [5.41, 5.74) is 4.16. The van der Waals surface area contributed by atoms with E-state index in [1.54, 1.807) is 30.7 Å². The number of benzene rings is 3. The first-order chi connectivity index (χ1) is 18.0. The Kier molecular flexibility index (Phi) is 7.67. The predicted molar refractivity (Wildman–Crippen MR) is 147 cm³/mol. The van der Waals surface area contributed by atoms with E-state index >= 15 is 0 Å². The van der Waals surface area contributed by atoms with Crippen LogP contribution in [0.4, 0.5) is 0 Å². The summed E-state index contributed by atoms with van der Waals surface area (Å²) in [7, 11) is -0.143. The molecule has 37 heavy (non-hydrogen) atoms. The summed E-state index contributed by atoms with van der Waals surface area (Å²) in [6.07, 6.45) is 1.82. The number of sulfonamides is 1. The quantitative estimate of drug-likeness (QED) is 0.442. The summed E-state index contributed by atoms with van der Waals surface area (Å²) < 4.78 is 40.4. The van der Waals surface area contributed by atoms with Gasteiger partial charge in [-0.05, 0) is 55.1 Å². The Bertz CT molecular complexity index is 1330. The Morgan fingerprint density at radius 3 is 2.32 bits per heavy atom. The van der Waals surface area contributed by atoms with Crippen molar-refractivity contribution < 1.29 is 17.9 Å². The zero-order valence-electron chi connectivity index (χ0n) is 21.8. The molecule has 0 bridgehead atoms. The average Bonchev–Trinajstić information content (AvgIpc) is 2.90. The number of ether oxygens (including phenoxy) is 2. The third kappa shape index (κ3) is 4.93. The van der Waals surface area contributed by atoms with Crippen molar-refractivity contribution in [3.8, 4) is 16.9 Å². The van der Waals surface area contributed by atoms with Crippen LogP contribution in [0.1, 0.15) is 29.9 Å². The van der Waals surface area contributed by atoms with Gasteiger partial charge in [0, 0.05) is 43.8 Å². The predicted octanol–water partition coefficient (Wildman–Crippen LogP) is 4.94. The molecule has 196 valence electrons. The molecule has 0 N–H and O–H groups in total. The lowest BCUT2D eigenvalue weighted by molar-refractivity contribution is -0.0635. The largest absolute Gasteiger partial charge is 0.496 e. The second-order valence-electron chi connectivity index (χ2n) is 10.0. The van der Waals surface area contributed by atoms with Gasteiger partial charge in [-0.2, -0.15) is 4.31 Å². The number of hydrogen-bond acceptors (Lipinski definition) is 5. The summed E-state index contributed by atoms with van der Waals surface area (Å²) in [5.74, 6) is 1.04. The number of rotatable bonds is 7. The molecule has 0 saturated carbocycles. The number of nitrogens with zero attached hydrogens (tertiary/aromatic N) is 2. The Labute approximate surface area is 220 Å². The molecule has 3 aromatic rings. The topological polar surface area (TPSA) is 59.1 Å². The van der Waals surface area contributed by atoms with E-state index in [0.29, 0.717) is 24.6 Å².